The zero-order chi connectivity index (χ0) is 14.7. The molecule has 6 nitrogen and oxygen atoms in total. The molecule has 0 bridgehead atoms. The average Bonchev–Trinajstić information content (AvgIpc) is 2.39. The molecule has 0 aliphatic heterocycles. The molecule has 0 aromatic heterocycles. The molecular formula is C11H17FN2O4S. The Morgan fingerprint density at radius 3 is 2.37 bits per heavy atom. The van der Waals surface area contributed by atoms with E-state index in [0.29, 0.717) is 0 Å². The van der Waals surface area contributed by atoms with E-state index in [2.05, 4.69) is 4.72 Å². The van der Waals surface area contributed by atoms with E-state index in [0.717, 1.165) is 18.2 Å². The number of rotatable bonds is 6. The van der Waals surface area contributed by atoms with E-state index in [9.17, 15) is 23.0 Å². The molecule has 0 fully saturated rings. The first kappa shape index (κ1) is 15.8. The van der Waals surface area contributed by atoms with Gasteiger partial charge >= 0.3 is 0 Å². The number of nitrogens with two attached hydrogens (primary N) is 1. The number of aliphatic hydroxyl groups excluding tert-OH is 2. The molecule has 0 spiro atoms. The molecule has 5 N–H and O–H groups in total. The molecule has 0 unspecified atom stereocenters. The molecule has 0 heterocycles. The van der Waals surface area contributed by atoms with Crippen molar-refractivity contribution in [1.82, 2.24) is 4.72 Å². The summed E-state index contributed by atoms with van der Waals surface area (Å²) in [6.07, 6.45) is 0.177. The van der Waals surface area contributed by atoms with E-state index in [4.69, 9.17) is 5.73 Å². The minimum absolute atomic E-state index is 0.162. The summed E-state index contributed by atoms with van der Waals surface area (Å²) in [5, 5.41) is 18.4. The third-order valence-corrected chi connectivity index (χ3v) is 4.49. The van der Waals surface area contributed by atoms with Crippen LogP contribution < -0.4 is 10.5 Å². The van der Waals surface area contributed by atoms with Crippen LogP contribution in [0.25, 0.3) is 0 Å². The highest BCUT2D eigenvalue weighted by molar-refractivity contribution is 7.89. The molecule has 0 aliphatic rings. The van der Waals surface area contributed by atoms with E-state index in [-0.39, 0.29) is 17.0 Å². The standard InChI is InChI=1S/C11H17FN2O4S/c1-2-11(6-15,7-16)14-19(17,18)8-3-4-10(13)9(12)5-8/h3-5,14-16H,2,6-7,13H2,1H3. The highest BCUT2D eigenvalue weighted by Gasteiger charge is 2.32. The third kappa shape index (κ3) is 3.41. The van der Waals surface area contributed by atoms with Gasteiger partial charge in [-0.2, -0.15) is 0 Å². The van der Waals surface area contributed by atoms with Crippen molar-refractivity contribution in [3.63, 3.8) is 0 Å². The van der Waals surface area contributed by atoms with Gasteiger partial charge in [0.2, 0.25) is 10.0 Å². The van der Waals surface area contributed by atoms with Gasteiger partial charge in [-0.1, -0.05) is 6.92 Å². The van der Waals surface area contributed by atoms with Crippen LogP contribution in [0.1, 0.15) is 13.3 Å². The lowest BCUT2D eigenvalue weighted by Gasteiger charge is -2.29. The monoisotopic (exact) mass is 292 g/mol. The quantitative estimate of drug-likeness (QED) is 0.543. The van der Waals surface area contributed by atoms with Crippen LogP contribution in [-0.2, 0) is 10.0 Å². The molecule has 8 heteroatoms. The fraction of sp³-hybridized carbons (Fsp3) is 0.455. The van der Waals surface area contributed by atoms with Crippen LogP contribution in [0.5, 0.6) is 0 Å². The van der Waals surface area contributed by atoms with Crippen molar-refractivity contribution < 1.29 is 23.0 Å². The molecule has 1 aromatic carbocycles. The Bertz CT molecular complexity index is 535. The molecule has 0 amide bonds. The van der Waals surface area contributed by atoms with Gasteiger partial charge in [-0.25, -0.2) is 17.5 Å². The number of halogens is 1. The summed E-state index contributed by atoms with van der Waals surface area (Å²) in [6, 6.07) is 3.07. The molecule has 0 atom stereocenters. The summed E-state index contributed by atoms with van der Waals surface area (Å²) >= 11 is 0. The number of nitrogens with one attached hydrogen (secondary N) is 1. The van der Waals surface area contributed by atoms with Crippen LogP contribution >= 0.6 is 0 Å². The Labute approximate surface area is 111 Å². The summed E-state index contributed by atoms with van der Waals surface area (Å²) in [5.74, 6) is -0.849. The highest BCUT2D eigenvalue weighted by Crippen LogP contribution is 2.19. The van der Waals surface area contributed by atoms with Crippen LogP contribution in [-0.4, -0.2) is 37.4 Å². The summed E-state index contributed by atoms with van der Waals surface area (Å²) in [6.45, 7) is 0.464. The minimum Gasteiger partial charge on any atom is -0.396 e. The van der Waals surface area contributed by atoms with Crippen molar-refractivity contribution in [2.24, 2.45) is 0 Å². The molecule has 0 aliphatic carbocycles. The SMILES string of the molecule is CCC(CO)(CO)NS(=O)(=O)c1ccc(N)c(F)c1. The van der Waals surface area contributed by atoms with Gasteiger partial charge in [-0.15, -0.1) is 0 Å². The molecule has 1 aromatic rings. The molecule has 19 heavy (non-hydrogen) atoms. The molecule has 108 valence electrons. The highest BCUT2D eigenvalue weighted by atomic mass is 32.2. The molecular weight excluding hydrogens is 275 g/mol. The normalized spacial score (nSPS) is 12.6. The summed E-state index contributed by atoms with van der Waals surface area (Å²) < 4.78 is 39.6. The van der Waals surface area contributed by atoms with E-state index in [1.165, 1.54) is 0 Å². The van der Waals surface area contributed by atoms with E-state index in [1.54, 1.807) is 6.92 Å². The first-order valence-corrected chi connectivity index (χ1v) is 7.09. The van der Waals surface area contributed by atoms with Gasteiger partial charge < -0.3 is 15.9 Å². The smallest absolute Gasteiger partial charge is 0.241 e. The van der Waals surface area contributed by atoms with Crippen LogP contribution in [0.3, 0.4) is 0 Å². The lowest BCUT2D eigenvalue weighted by atomic mass is 10.0. The molecule has 0 saturated heterocycles. The van der Waals surface area contributed by atoms with Crippen LogP contribution in [0.2, 0.25) is 0 Å². The van der Waals surface area contributed by atoms with Crippen molar-refractivity contribution in [1.29, 1.82) is 0 Å². The van der Waals surface area contributed by atoms with Gasteiger partial charge in [0.15, 0.2) is 0 Å². The lowest BCUT2D eigenvalue weighted by Crippen LogP contribution is -2.53. The Morgan fingerprint density at radius 1 is 1.37 bits per heavy atom. The van der Waals surface area contributed by atoms with Crippen molar-refractivity contribution >= 4 is 15.7 Å². The number of nitrogen functional groups attached to an aromatic ring is 1. The number of sulfonamides is 1. The number of aliphatic hydroxyl groups is 2. The number of anilines is 1. The van der Waals surface area contributed by atoms with Gasteiger partial charge in [0.25, 0.3) is 0 Å². The van der Waals surface area contributed by atoms with Gasteiger partial charge in [0.1, 0.15) is 5.82 Å². The Balaban J connectivity index is 3.14. The Kier molecular flexibility index (Phi) is 4.86. The molecule has 0 saturated carbocycles. The van der Waals surface area contributed by atoms with Crippen LogP contribution in [0.4, 0.5) is 10.1 Å². The average molecular weight is 292 g/mol. The fourth-order valence-electron chi connectivity index (χ4n) is 1.43. The van der Waals surface area contributed by atoms with Crippen molar-refractivity contribution in [3.05, 3.63) is 24.0 Å². The maximum Gasteiger partial charge on any atom is 0.241 e. The predicted molar refractivity (Wildman–Crippen MR) is 68.3 cm³/mol. The number of hydrogen-bond donors (Lipinski definition) is 4. The second-order valence-corrected chi connectivity index (χ2v) is 5.92. The van der Waals surface area contributed by atoms with E-state index < -0.39 is 34.6 Å². The summed E-state index contributed by atoms with van der Waals surface area (Å²) in [7, 11) is -4.06. The maximum atomic E-state index is 13.3. The van der Waals surface area contributed by atoms with Crippen molar-refractivity contribution in [2.75, 3.05) is 18.9 Å². The van der Waals surface area contributed by atoms with Gasteiger partial charge in [0.05, 0.1) is 29.3 Å². The first-order valence-electron chi connectivity index (χ1n) is 5.61. The summed E-state index contributed by atoms with van der Waals surface area (Å²) in [5.41, 5.74) is 3.73. The summed E-state index contributed by atoms with van der Waals surface area (Å²) in [4.78, 5) is -0.320. The van der Waals surface area contributed by atoms with Crippen LogP contribution in [0, 0.1) is 5.82 Å². The minimum atomic E-state index is -4.06. The predicted octanol–water partition coefficient (Wildman–Crippen LogP) is -0.180. The van der Waals surface area contributed by atoms with E-state index in [1.807, 2.05) is 0 Å². The maximum absolute atomic E-state index is 13.3. The molecule has 0 radical (unpaired) electrons. The topological polar surface area (TPSA) is 113 Å². The van der Waals surface area contributed by atoms with Gasteiger partial charge in [-0.05, 0) is 24.6 Å². The lowest BCUT2D eigenvalue weighted by molar-refractivity contribution is 0.105. The van der Waals surface area contributed by atoms with Crippen molar-refractivity contribution in [3.8, 4) is 0 Å². The van der Waals surface area contributed by atoms with E-state index >= 15 is 0 Å². The van der Waals surface area contributed by atoms with Crippen LogP contribution in [0.15, 0.2) is 23.1 Å². The fourth-order valence-corrected chi connectivity index (χ4v) is 2.90. The van der Waals surface area contributed by atoms with Gasteiger partial charge in [-0.3, -0.25) is 0 Å². The van der Waals surface area contributed by atoms with Crippen molar-refractivity contribution in [2.45, 2.75) is 23.8 Å². The Morgan fingerprint density at radius 2 is 1.95 bits per heavy atom. The third-order valence-electron chi connectivity index (χ3n) is 2.92. The second-order valence-electron chi connectivity index (χ2n) is 4.24. The number of hydrogen-bond acceptors (Lipinski definition) is 5. The first-order chi connectivity index (χ1) is 8.80. The zero-order valence-corrected chi connectivity index (χ0v) is 11.2. The largest absolute Gasteiger partial charge is 0.396 e. The Hall–Kier alpha value is -1.22. The zero-order valence-electron chi connectivity index (χ0n) is 10.4. The van der Waals surface area contributed by atoms with Gasteiger partial charge in [0, 0.05) is 0 Å². The molecule has 1 rings (SSSR count). The number of benzene rings is 1. The second kappa shape index (κ2) is 5.83.